The molecule has 4 aromatic carbocycles. The van der Waals surface area contributed by atoms with E-state index in [9.17, 15) is 0 Å². The van der Waals surface area contributed by atoms with E-state index in [0.29, 0.717) is 18.4 Å². The lowest BCUT2D eigenvalue weighted by molar-refractivity contribution is 0.00556. The van der Waals surface area contributed by atoms with Crippen LogP contribution in [0.25, 0.3) is 0 Å². The third-order valence-electron chi connectivity index (χ3n) is 6.55. The van der Waals surface area contributed by atoms with E-state index in [-0.39, 0.29) is 0 Å². The van der Waals surface area contributed by atoms with Crippen LogP contribution in [0.2, 0.25) is 0 Å². The first-order chi connectivity index (χ1) is 17.2. The topological polar surface area (TPSA) is 9.23 Å². The molecule has 0 aromatic heterocycles. The van der Waals surface area contributed by atoms with Gasteiger partial charge in [-0.3, -0.25) is 0 Å². The van der Waals surface area contributed by atoms with Gasteiger partial charge in [0.15, 0.2) is 0 Å². The van der Waals surface area contributed by atoms with Crippen molar-refractivity contribution in [1.82, 2.24) is 0 Å². The summed E-state index contributed by atoms with van der Waals surface area (Å²) in [6.45, 7) is 5.44. The first-order valence-corrected chi connectivity index (χ1v) is 13.7. The predicted molar refractivity (Wildman–Crippen MR) is 150 cm³/mol. The molecule has 0 radical (unpaired) electrons. The standard InChI is InChI=1S/C33H36OS/c1-27(25-28(2)26-35-32-21-13-6-14-22-32)23-24-34-33(29-15-7-3-8-16-29,30-17-9-4-10-18-30)31-19-11-5-12-20-31/h3-22,27-28H,23-26H2,1-2H3/t27-,28+/m0/s1. The number of rotatable bonds is 12. The van der Waals surface area contributed by atoms with Crippen molar-refractivity contribution in [2.75, 3.05) is 12.4 Å². The fourth-order valence-corrected chi connectivity index (χ4v) is 5.77. The smallest absolute Gasteiger partial charge is 0.143 e. The minimum absolute atomic E-state index is 0.599. The zero-order valence-corrected chi connectivity index (χ0v) is 21.7. The summed E-state index contributed by atoms with van der Waals surface area (Å²) in [7, 11) is 0. The van der Waals surface area contributed by atoms with Gasteiger partial charge in [-0.1, -0.05) is 123 Å². The van der Waals surface area contributed by atoms with Crippen molar-refractivity contribution in [2.45, 2.75) is 37.2 Å². The van der Waals surface area contributed by atoms with Crippen LogP contribution >= 0.6 is 11.8 Å². The largest absolute Gasteiger partial charge is 0.361 e. The van der Waals surface area contributed by atoms with Crippen LogP contribution in [0.15, 0.2) is 126 Å². The molecule has 0 aliphatic rings. The van der Waals surface area contributed by atoms with Gasteiger partial charge in [-0.2, -0.15) is 0 Å². The Morgan fingerprint density at radius 2 is 1.03 bits per heavy atom. The van der Waals surface area contributed by atoms with Crippen LogP contribution in [0.4, 0.5) is 0 Å². The van der Waals surface area contributed by atoms with Crippen LogP contribution in [0.1, 0.15) is 43.4 Å². The molecule has 0 unspecified atom stereocenters. The zero-order valence-electron chi connectivity index (χ0n) is 20.8. The van der Waals surface area contributed by atoms with Crippen LogP contribution in [0, 0.1) is 11.8 Å². The van der Waals surface area contributed by atoms with Gasteiger partial charge >= 0.3 is 0 Å². The summed E-state index contributed by atoms with van der Waals surface area (Å²) < 4.78 is 6.96. The molecule has 35 heavy (non-hydrogen) atoms. The van der Waals surface area contributed by atoms with Crippen LogP contribution < -0.4 is 0 Å². The first-order valence-electron chi connectivity index (χ1n) is 12.7. The average Bonchev–Trinajstić information content (AvgIpc) is 2.92. The molecular formula is C33H36OS. The van der Waals surface area contributed by atoms with E-state index in [4.69, 9.17) is 4.74 Å². The van der Waals surface area contributed by atoms with Crippen LogP contribution in [-0.2, 0) is 10.3 Å². The molecule has 0 aliphatic heterocycles. The molecule has 4 rings (SSSR count). The minimum Gasteiger partial charge on any atom is -0.361 e. The van der Waals surface area contributed by atoms with E-state index in [1.807, 2.05) is 11.8 Å². The molecule has 0 spiro atoms. The molecule has 4 aromatic rings. The molecule has 2 atom stereocenters. The number of hydrogen-bond donors (Lipinski definition) is 0. The lowest BCUT2D eigenvalue weighted by atomic mass is 9.80. The molecule has 180 valence electrons. The van der Waals surface area contributed by atoms with Crippen molar-refractivity contribution < 1.29 is 4.74 Å². The van der Waals surface area contributed by atoms with Gasteiger partial charge in [0, 0.05) is 17.3 Å². The number of hydrogen-bond acceptors (Lipinski definition) is 2. The van der Waals surface area contributed by atoms with Crippen molar-refractivity contribution in [3.63, 3.8) is 0 Å². The van der Waals surface area contributed by atoms with E-state index < -0.39 is 5.60 Å². The van der Waals surface area contributed by atoms with Crippen molar-refractivity contribution in [2.24, 2.45) is 11.8 Å². The van der Waals surface area contributed by atoms with E-state index in [0.717, 1.165) is 28.9 Å². The Morgan fingerprint density at radius 3 is 1.49 bits per heavy atom. The Bertz CT molecular complexity index is 1020. The molecular weight excluding hydrogens is 444 g/mol. The highest BCUT2D eigenvalue weighted by molar-refractivity contribution is 7.99. The summed E-state index contributed by atoms with van der Waals surface area (Å²) in [6, 6.07) is 42.7. The second-order valence-electron chi connectivity index (χ2n) is 9.49. The fourth-order valence-electron chi connectivity index (χ4n) is 4.81. The molecule has 0 saturated carbocycles. The van der Waals surface area contributed by atoms with Gasteiger partial charge in [0.2, 0.25) is 0 Å². The molecule has 0 saturated heterocycles. The van der Waals surface area contributed by atoms with Crippen LogP contribution in [-0.4, -0.2) is 12.4 Å². The summed E-state index contributed by atoms with van der Waals surface area (Å²) in [6.07, 6.45) is 2.24. The summed E-state index contributed by atoms with van der Waals surface area (Å²) in [5, 5.41) is 0. The van der Waals surface area contributed by atoms with Crippen molar-refractivity contribution in [1.29, 1.82) is 0 Å². The average molecular weight is 481 g/mol. The summed E-state index contributed by atoms with van der Waals surface area (Å²) in [5.74, 6) is 2.41. The van der Waals surface area contributed by atoms with E-state index in [1.165, 1.54) is 11.3 Å². The monoisotopic (exact) mass is 480 g/mol. The Balaban J connectivity index is 1.47. The zero-order chi connectivity index (χ0) is 24.3. The molecule has 0 aliphatic carbocycles. The SMILES string of the molecule is C[C@@H](CCOC(c1ccccc1)(c1ccccc1)c1ccccc1)C[C@@H](C)CSc1ccccc1. The van der Waals surface area contributed by atoms with Crippen LogP contribution in [0.5, 0.6) is 0 Å². The van der Waals surface area contributed by atoms with E-state index in [2.05, 4.69) is 135 Å². The van der Waals surface area contributed by atoms with Gasteiger partial charge in [0.1, 0.15) is 5.60 Å². The third-order valence-corrected chi connectivity index (χ3v) is 7.89. The minimum atomic E-state index is -0.627. The number of benzene rings is 4. The Morgan fingerprint density at radius 1 is 0.600 bits per heavy atom. The summed E-state index contributed by atoms with van der Waals surface area (Å²) in [4.78, 5) is 1.36. The predicted octanol–water partition coefficient (Wildman–Crippen LogP) is 8.84. The second-order valence-corrected chi connectivity index (χ2v) is 10.6. The maximum atomic E-state index is 6.96. The fraction of sp³-hybridized carbons (Fsp3) is 0.273. The Labute approximate surface area is 215 Å². The highest BCUT2D eigenvalue weighted by atomic mass is 32.2. The van der Waals surface area contributed by atoms with Crippen molar-refractivity contribution >= 4 is 11.8 Å². The molecule has 0 amide bonds. The number of thioether (sulfide) groups is 1. The Hall–Kier alpha value is -2.81. The Kier molecular flexibility index (Phi) is 9.22. The van der Waals surface area contributed by atoms with Gasteiger partial charge in [0.25, 0.3) is 0 Å². The lowest BCUT2D eigenvalue weighted by Gasteiger charge is -2.36. The van der Waals surface area contributed by atoms with E-state index >= 15 is 0 Å². The first kappa shape index (κ1) is 25.3. The van der Waals surface area contributed by atoms with Gasteiger partial charge < -0.3 is 4.74 Å². The highest BCUT2D eigenvalue weighted by Gasteiger charge is 2.37. The molecule has 0 heterocycles. The quantitative estimate of drug-likeness (QED) is 0.148. The number of ether oxygens (including phenoxy) is 1. The maximum Gasteiger partial charge on any atom is 0.143 e. The normalized spacial score (nSPS) is 13.3. The second kappa shape index (κ2) is 12.8. The molecule has 0 bridgehead atoms. The van der Waals surface area contributed by atoms with E-state index in [1.54, 1.807) is 0 Å². The summed E-state index contributed by atoms with van der Waals surface area (Å²) in [5.41, 5.74) is 2.87. The molecule has 2 heteroatoms. The molecule has 0 fully saturated rings. The van der Waals surface area contributed by atoms with Crippen molar-refractivity contribution in [3.05, 3.63) is 138 Å². The lowest BCUT2D eigenvalue weighted by Crippen LogP contribution is -2.33. The van der Waals surface area contributed by atoms with Gasteiger partial charge in [-0.05, 0) is 53.5 Å². The van der Waals surface area contributed by atoms with Crippen LogP contribution in [0.3, 0.4) is 0 Å². The summed E-state index contributed by atoms with van der Waals surface area (Å²) >= 11 is 1.96. The van der Waals surface area contributed by atoms with Crippen molar-refractivity contribution in [3.8, 4) is 0 Å². The van der Waals surface area contributed by atoms with Gasteiger partial charge in [0.05, 0.1) is 0 Å². The maximum absolute atomic E-state index is 6.96. The third kappa shape index (κ3) is 6.66. The van der Waals surface area contributed by atoms with Gasteiger partial charge in [-0.25, -0.2) is 0 Å². The molecule has 1 nitrogen and oxygen atoms in total. The highest BCUT2D eigenvalue weighted by Crippen LogP contribution is 2.40. The van der Waals surface area contributed by atoms with Gasteiger partial charge in [-0.15, -0.1) is 11.8 Å². The molecule has 0 N–H and O–H groups in total.